The molecular formula is C21H22N8O2. The Bertz CT molecular complexity index is 1230. The highest BCUT2D eigenvalue weighted by atomic mass is 16.5. The summed E-state index contributed by atoms with van der Waals surface area (Å²) >= 11 is 0. The molecule has 0 aliphatic rings. The monoisotopic (exact) mass is 418 g/mol. The van der Waals surface area contributed by atoms with Gasteiger partial charge < -0.3 is 14.6 Å². The minimum atomic E-state index is -0.397. The Labute approximate surface area is 178 Å². The number of carbonyl (C=O) groups excluding carboxylic acids is 1. The minimum Gasteiger partial charge on any atom is -0.479 e. The van der Waals surface area contributed by atoms with Crippen molar-refractivity contribution in [3.8, 4) is 23.2 Å². The quantitative estimate of drug-likeness (QED) is 0.512. The summed E-state index contributed by atoms with van der Waals surface area (Å²) in [6, 6.07) is 9.26. The number of hydrogen-bond donors (Lipinski definition) is 1. The number of hydrogen-bond acceptors (Lipinski definition) is 7. The zero-order valence-electron chi connectivity index (χ0n) is 17.6. The van der Waals surface area contributed by atoms with Gasteiger partial charge in [0.05, 0.1) is 7.11 Å². The second kappa shape index (κ2) is 8.34. The van der Waals surface area contributed by atoms with E-state index in [-0.39, 0.29) is 17.5 Å². The Morgan fingerprint density at radius 1 is 1.19 bits per heavy atom. The molecule has 0 atom stereocenters. The van der Waals surface area contributed by atoms with Crippen molar-refractivity contribution in [2.45, 2.75) is 26.8 Å². The summed E-state index contributed by atoms with van der Waals surface area (Å²) in [6.07, 6.45) is 4.91. The first-order valence-electron chi connectivity index (χ1n) is 9.72. The van der Waals surface area contributed by atoms with E-state index < -0.39 is 5.91 Å². The topological polar surface area (TPSA) is 113 Å². The van der Waals surface area contributed by atoms with Crippen LogP contribution in [0.15, 0.2) is 49.1 Å². The number of carbonyl (C=O) groups is 1. The Morgan fingerprint density at radius 3 is 2.77 bits per heavy atom. The summed E-state index contributed by atoms with van der Waals surface area (Å²) in [5.74, 6) is 1.42. The van der Waals surface area contributed by atoms with E-state index in [0.717, 1.165) is 5.56 Å². The summed E-state index contributed by atoms with van der Waals surface area (Å²) in [6.45, 7) is 5.99. The van der Waals surface area contributed by atoms with Gasteiger partial charge in [0.25, 0.3) is 5.91 Å². The molecule has 4 rings (SSSR count). The van der Waals surface area contributed by atoms with Crippen LogP contribution in [0.1, 0.15) is 35.8 Å². The van der Waals surface area contributed by atoms with E-state index in [1.165, 1.54) is 11.8 Å². The van der Waals surface area contributed by atoms with Crippen LogP contribution in [-0.2, 0) is 0 Å². The number of nitrogens with zero attached hydrogens (tertiary/aromatic N) is 7. The smallest absolute Gasteiger partial charge is 0.263 e. The number of rotatable bonds is 6. The normalized spacial score (nSPS) is 11.0. The SMILES string of the molecule is COc1nn(-c2ncccc2C)cc1C(=O)Nc1cccc(-c2nncn2C(C)C)n1. The fraction of sp³-hybridized carbons (Fsp3) is 0.238. The van der Waals surface area contributed by atoms with E-state index in [2.05, 4.69) is 30.6 Å². The Hall–Kier alpha value is -4.08. The van der Waals surface area contributed by atoms with Gasteiger partial charge in [-0.15, -0.1) is 15.3 Å². The lowest BCUT2D eigenvalue weighted by Crippen LogP contribution is -2.14. The number of amides is 1. The van der Waals surface area contributed by atoms with Crippen molar-refractivity contribution in [2.24, 2.45) is 0 Å². The van der Waals surface area contributed by atoms with Crippen molar-refractivity contribution in [1.29, 1.82) is 0 Å². The van der Waals surface area contributed by atoms with Crippen molar-refractivity contribution in [3.63, 3.8) is 0 Å². The number of pyridine rings is 2. The second-order valence-corrected chi connectivity index (χ2v) is 7.16. The summed E-state index contributed by atoms with van der Waals surface area (Å²) in [5.41, 5.74) is 1.80. The molecular weight excluding hydrogens is 396 g/mol. The van der Waals surface area contributed by atoms with Crippen LogP contribution < -0.4 is 10.1 Å². The number of aromatic nitrogens is 7. The van der Waals surface area contributed by atoms with Crippen LogP contribution in [0.4, 0.5) is 5.82 Å². The molecule has 0 radical (unpaired) electrons. The molecule has 4 aromatic rings. The molecule has 1 amide bonds. The maximum absolute atomic E-state index is 13.0. The fourth-order valence-corrected chi connectivity index (χ4v) is 3.11. The highest BCUT2D eigenvalue weighted by Crippen LogP contribution is 2.22. The molecule has 0 aromatic carbocycles. The zero-order chi connectivity index (χ0) is 22.0. The van der Waals surface area contributed by atoms with Gasteiger partial charge in [-0.2, -0.15) is 0 Å². The first kappa shape index (κ1) is 20.2. The van der Waals surface area contributed by atoms with Crippen molar-refractivity contribution < 1.29 is 9.53 Å². The van der Waals surface area contributed by atoms with Gasteiger partial charge in [0, 0.05) is 18.4 Å². The third-order valence-electron chi connectivity index (χ3n) is 4.67. The third-order valence-corrected chi connectivity index (χ3v) is 4.67. The first-order chi connectivity index (χ1) is 15.0. The average Bonchev–Trinajstić information content (AvgIpc) is 3.42. The van der Waals surface area contributed by atoms with E-state index >= 15 is 0 Å². The van der Waals surface area contributed by atoms with Crippen molar-refractivity contribution in [3.05, 3.63) is 60.2 Å². The molecule has 0 fully saturated rings. The summed E-state index contributed by atoms with van der Waals surface area (Å²) in [4.78, 5) is 21.8. The van der Waals surface area contributed by atoms with Crippen LogP contribution in [0.3, 0.4) is 0 Å². The van der Waals surface area contributed by atoms with E-state index in [0.29, 0.717) is 23.2 Å². The molecule has 0 bridgehead atoms. The first-order valence-corrected chi connectivity index (χ1v) is 9.72. The zero-order valence-corrected chi connectivity index (χ0v) is 17.6. The van der Waals surface area contributed by atoms with Crippen LogP contribution in [0, 0.1) is 6.92 Å². The Balaban J connectivity index is 1.62. The molecule has 4 aromatic heterocycles. The number of ether oxygens (including phenoxy) is 1. The largest absolute Gasteiger partial charge is 0.479 e. The van der Waals surface area contributed by atoms with Crippen LogP contribution >= 0.6 is 0 Å². The van der Waals surface area contributed by atoms with E-state index in [4.69, 9.17) is 4.74 Å². The van der Waals surface area contributed by atoms with E-state index in [9.17, 15) is 4.79 Å². The third kappa shape index (κ3) is 4.00. The molecule has 0 saturated heterocycles. The maximum atomic E-state index is 13.0. The lowest BCUT2D eigenvalue weighted by atomic mass is 10.3. The van der Waals surface area contributed by atoms with Crippen LogP contribution in [0.2, 0.25) is 0 Å². The number of methoxy groups -OCH3 is 1. The Morgan fingerprint density at radius 2 is 2.03 bits per heavy atom. The maximum Gasteiger partial charge on any atom is 0.263 e. The minimum absolute atomic E-state index is 0.176. The van der Waals surface area contributed by atoms with Gasteiger partial charge in [-0.25, -0.2) is 14.6 Å². The molecule has 158 valence electrons. The van der Waals surface area contributed by atoms with Crippen LogP contribution in [0.5, 0.6) is 5.88 Å². The molecule has 4 heterocycles. The summed E-state index contributed by atoms with van der Waals surface area (Å²) in [5, 5.41) is 15.3. The van der Waals surface area contributed by atoms with Crippen LogP contribution in [0.25, 0.3) is 17.3 Å². The molecule has 1 N–H and O–H groups in total. The molecule has 10 heteroatoms. The summed E-state index contributed by atoms with van der Waals surface area (Å²) in [7, 11) is 1.46. The van der Waals surface area contributed by atoms with Gasteiger partial charge in [0.2, 0.25) is 5.88 Å². The van der Waals surface area contributed by atoms with Gasteiger partial charge in [0.1, 0.15) is 23.4 Å². The van der Waals surface area contributed by atoms with Gasteiger partial charge in [-0.05, 0) is 44.5 Å². The van der Waals surface area contributed by atoms with Crippen molar-refractivity contribution in [1.82, 2.24) is 34.5 Å². The van der Waals surface area contributed by atoms with E-state index in [1.807, 2.05) is 43.5 Å². The number of anilines is 1. The lowest BCUT2D eigenvalue weighted by molar-refractivity contribution is 0.102. The van der Waals surface area contributed by atoms with Gasteiger partial charge in [-0.1, -0.05) is 12.1 Å². The van der Waals surface area contributed by atoms with Crippen LogP contribution in [-0.4, -0.2) is 47.5 Å². The molecule has 0 aliphatic heterocycles. The molecule has 0 spiro atoms. The predicted molar refractivity (Wildman–Crippen MR) is 114 cm³/mol. The van der Waals surface area contributed by atoms with Crippen molar-refractivity contribution in [2.75, 3.05) is 12.4 Å². The van der Waals surface area contributed by atoms with Gasteiger partial charge >= 0.3 is 0 Å². The second-order valence-electron chi connectivity index (χ2n) is 7.16. The predicted octanol–water partition coefficient (Wildman–Crippen LogP) is 3.07. The van der Waals surface area contributed by atoms with Gasteiger partial charge in [0.15, 0.2) is 11.6 Å². The molecule has 0 aliphatic carbocycles. The Kier molecular flexibility index (Phi) is 5.44. The summed E-state index contributed by atoms with van der Waals surface area (Å²) < 4.78 is 8.75. The number of aryl methyl sites for hydroxylation is 1. The molecule has 0 unspecified atom stereocenters. The van der Waals surface area contributed by atoms with Crippen molar-refractivity contribution >= 4 is 11.7 Å². The standard InChI is InChI=1S/C21H22N8O2/c1-13(2)28-12-23-26-19(28)16-8-5-9-17(24-16)25-20(30)15-11-29(27-21(15)31-4)18-14(3)7-6-10-22-18/h5-13H,1-4H3,(H,24,25,30). The highest BCUT2D eigenvalue weighted by molar-refractivity contribution is 6.05. The molecule has 10 nitrogen and oxygen atoms in total. The highest BCUT2D eigenvalue weighted by Gasteiger charge is 2.20. The number of nitrogens with one attached hydrogen (secondary N) is 1. The fourth-order valence-electron chi connectivity index (χ4n) is 3.11. The lowest BCUT2D eigenvalue weighted by Gasteiger charge is -2.10. The molecule has 0 saturated carbocycles. The van der Waals surface area contributed by atoms with E-state index in [1.54, 1.807) is 30.9 Å². The average molecular weight is 418 g/mol. The van der Waals surface area contributed by atoms with Gasteiger partial charge in [-0.3, -0.25) is 4.79 Å². The molecule has 31 heavy (non-hydrogen) atoms.